The lowest BCUT2D eigenvalue weighted by Crippen LogP contribution is -2.41. The van der Waals surface area contributed by atoms with Gasteiger partial charge in [0.15, 0.2) is 0 Å². The van der Waals surface area contributed by atoms with Crippen molar-refractivity contribution in [2.75, 3.05) is 33.8 Å². The highest BCUT2D eigenvalue weighted by Gasteiger charge is 2.36. The molecule has 0 saturated carbocycles. The molecule has 0 radical (unpaired) electrons. The zero-order chi connectivity index (χ0) is 13.9. The highest BCUT2D eigenvalue weighted by molar-refractivity contribution is 5.78. The summed E-state index contributed by atoms with van der Waals surface area (Å²) < 4.78 is 4.78. The molecule has 1 rings (SSSR count). The molecule has 1 aliphatic rings. The maximum atomic E-state index is 12.0. The molecule has 5 heteroatoms. The standard InChI is InChI=1S/C13H24N2O3/c1-9(2)14(4)12(16)8-15-6-10(3)11(7-15)13(17)18-5/h9-11H,6-8H2,1-5H3. The summed E-state index contributed by atoms with van der Waals surface area (Å²) in [6, 6.07) is 0.203. The van der Waals surface area contributed by atoms with Crippen molar-refractivity contribution in [3.8, 4) is 0 Å². The van der Waals surface area contributed by atoms with Crippen LogP contribution >= 0.6 is 0 Å². The van der Waals surface area contributed by atoms with Gasteiger partial charge in [0.25, 0.3) is 0 Å². The Labute approximate surface area is 109 Å². The van der Waals surface area contributed by atoms with Gasteiger partial charge in [-0.2, -0.15) is 0 Å². The molecule has 2 atom stereocenters. The number of methoxy groups -OCH3 is 1. The fourth-order valence-corrected chi connectivity index (χ4v) is 2.25. The van der Waals surface area contributed by atoms with E-state index in [-0.39, 0.29) is 29.8 Å². The van der Waals surface area contributed by atoms with Crippen LogP contribution < -0.4 is 0 Å². The molecule has 0 aromatic heterocycles. The van der Waals surface area contributed by atoms with Gasteiger partial charge in [-0.15, -0.1) is 0 Å². The molecule has 0 bridgehead atoms. The lowest BCUT2D eigenvalue weighted by atomic mass is 9.99. The van der Waals surface area contributed by atoms with E-state index in [4.69, 9.17) is 4.74 Å². The van der Waals surface area contributed by atoms with Crippen molar-refractivity contribution in [1.82, 2.24) is 9.80 Å². The van der Waals surface area contributed by atoms with Gasteiger partial charge in [-0.05, 0) is 19.8 Å². The lowest BCUT2D eigenvalue weighted by Gasteiger charge is -2.24. The van der Waals surface area contributed by atoms with E-state index in [1.165, 1.54) is 7.11 Å². The Bertz CT molecular complexity index is 317. The SMILES string of the molecule is COC(=O)C1CN(CC(=O)N(C)C(C)C)CC1C. The van der Waals surface area contributed by atoms with Crippen LogP contribution in [0.25, 0.3) is 0 Å². The average Bonchev–Trinajstić information content (AvgIpc) is 2.67. The predicted octanol–water partition coefficient (Wildman–Crippen LogP) is 0.594. The Balaban J connectivity index is 2.51. The van der Waals surface area contributed by atoms with Crippen molar-refractivity contribution >= 4 is 11.9 Å². The number of rotatable bonds is 4. The van der Waals surface area contributed by atoms with E-state index in [2.05, 4.69) is 0 Å². The second kappa shape index (κ2) is 6.18. The Kier molecular flexibility index (Phi) is 5.14. The molecule has 104 valence electrons. The van der Waals surface area contributed by atoms with Crippen LogP contribution in [-0.2, 0) is 14.3 Å². The number of amides is 1. The summed E-state index contributed by atoms with van der Waals surface area (Å²) in [6.45, 7) is 7.78. The summed E-state index contributed by atoms with van der Waals surface area (Å²) >= 11 is 0. The van der Waals surface area contributed by atoms with Crippen LogP contribution in [0.3, 0.4) is 0 Å². The number of hydrogen-bond donors (Lipinski definition) is 0. The number of nitrogens with zero attached hydrogens (tertiary/aromatic N) is 2. The van der Waals surface area contributed by atoms with E-state index in [9.17, 15) is 9.59 Å². The van der Waals surface area contributed by atoms with Crippen LogP contribution in [0.4, 0.5) is 0 Å². The van der Waals surface area contributed by atoms with E-state index >= 15 is 0 Å². The summed E-state index contributed by atoms with van der Waals surface area (Å²) in [5.74, 6) is 0.0686. The molecule has 2 unspecified atom stereocenters. The predicted molar refractivity (Wildman–Crippen MR) is 69.0 cm³/mol. The number of likely N-dealkylation sites (tertiary alicyclic amines) is 1. The normalized spacial score (nSPS) is 24.3. The molecule has 1 heterocycles. The first-order valence-electron chi connectivity index (χ1n) is 6.42. The van der Waals surface area contributed by atoms with Gasteiger partial charge < -0.3 is 9.64 Å². The molecule has 0 aromatic carbocycles. The van der Waals surface area contributed by atoms with E-state index in [1.807, 2.05) is 32.7 Å². The van der Waals surface area contributed by atoms with Gasteiger partial charge in [-0.3, -0.25) is 14.5 Å². The molecule has 5 nitrogen and oxygen atoms in total. The van der Waals surface area contributed by atoms with Crippen molar-refractivity contribution in [3.63, 3.8) is 0 Å². The Hall–Kier alpha value is -1.10. The van der Waals surface area contributed by atoms with Crippen molar-refractivity contribution in [2.24, 2.45) is 11.8 Å². The first-order chi connectivity index (χ1) is 8.36. The number of ether oxygens (including phenoxy) is 1. The number of likely N-dealkylation sites (N-methyl/N-ethyl adjacent to an activating group) is 1. The molecular formula is C13H24N2O3. The summed E-state index contributed by atoms with van der Waals surface area (Å²) in [7, 11) is 3.22. The van der Waals surface area contributed by atoms with Crippen molar-refractivity contribution in [2.45, 2.75) is 26.8 Å². The minimum atomic E-state index is -0.172. The van der Waals surface area contributed by atoms with Gasteiger partial charge in [-0.1, -0.05) is 6.92 Å². The fraction of sp³-hybridized carbons (Fsp3) is 0.846. The quantitative estimate of drug-likeness (QED) is 0.691. The second-order valence-electron chi connectivity index (χ2n) is 5.40. The minimum Gasteiger partial charge on any atom is -0.469 e. The van der Waals surface area contributed by atoms with E-state index in [0.717, 1.165) is 6.54 Å². The third-order valence-corrected chi connectivity index (χ3v) is 3.72. The van der Waals surface area contributed by atoms with Crippen LogP contribution in [0.15, 0.2) is 0 Å². The zero-order valence-electron chi connectivity index (χ0n) is 12.0. The molecule has 1 aliphatic heterocycles. The van der Waals surface area contributed by atoms with E-state index in [0.29, 0.717) is 13.1 Å². The van der Waals surface area contributed by atoms with Crippen LogP contribution in [0.2, 0.25) is 0 Å². The van der Waals surface area contributed by atoms with Gasteiger partial charge in [0, 0.05) is 26.2 Å². The number of hydrogen-bond acceptors (Lipinski definition) is 4. The Morgan fingerprint density at radius 1 is 1.39 bits per heavy atom. The maximum Gasteiger partial charge on any atom is 0.310 e. The van der Waals surface area contributed by atoms with Gasteiger partial charge in [0.1, 0.15) is 0 Å². The molecular weight excluding hydrogens is 232 g/mol. The average molecular weight is 256 g/mol. The van der Waals surface area contributed by atoms with Gasteiger partial charge in [0.2, 0.25) is 5.91 Å². The number of carbonyl (C=O) groups excluding carboxylic acids is 2. The second-order valence-corrected chi connectivity index (χ2v) is 5.40. The maximum absolute atomic E-state index is 12.0. The molecule has 0 aromatic rings. The Morgan fingerprint density at radius 3 is 2.50 bits per heavy atom. The summed E-state index contributed by atoms with van der Waals surface area (Å²) in [4.78, 5) is 27.3. The monoisotopic (exact) mass is 256 g/mol. The highest BCUT2D eigenvalue weighted by atomic mass is 16.5. The molecule has 1 fully saturated rings. The molecule has 18 heavy (non-hydrogen) atoms. The number of esters is 1. The van der Waals surface area contributed by atoms with Crippen molar-refractivity contribution in [1.29, 1.82) is 0 Å². The molecule has 1 amide bonds. The zero-order valence-corrected chi connectivity index (χ0v) is 12.0. The topological polar surface area (TPSA) is 49.9 Å². The van der Waals surface area contributed by atoms with Crippen LogP contribution in [0.1, 0.15) is 20.8 Å². The van der Waals surface area contributed by atoms with Crippen molar-refractivity contribution in [3.05, 3.63) is 0 Å². The number of carbonyl (C=O) groups is 2. The van der Waals surface area contributed by atoms with Crippen molar-refractivity contribution < 1.29 is 14.3 Å². The molecule has 0 aliphatic carbocycles. The first-order valence-corrected chi connectivity index (χ1v) is 6.42. The van der Waals surface area contributed by atoms with Gasteiger partial charge >= 0.3 is 5.97 Å². The highest BCUT2D eigenvalue weighted by Crippen LogP contribution is 2.23. The lowest BCUT2D eigenvalue weighted by molar-refractivity contribution is -0.146. The van der Waals surface area contributed by atoms with Crippen LogP contribution in [-0.4, -0.2) is 61.5 Å². The Morgan fingerprint density at radius 2 is 2.00 bits per heavy atom. The van der Waals surface area contributed by atoms with Gasteiger partial charge in [0.05, 0.1) is 19.6 Å². The third-order valence-electron chi connectivity index (χ3n) is 3.72. The summed E-state index contributed by atoms with van der Waals surface area (Å²) in [5, 5.41) is 0. The summed E-state index contributed by atoms with van der Waals surface area (Å²) in [5.41, 5.74) is 0. The smallest absolute Gasteiger partial charge is 0.310 e. The fourth-order valence-electron chi connectivity index (χ4n) is 2.25. The van der Waals surface area contributed by atoms with E-state index < -0.39 is 0 Å². The molecule has 0 N–H and O–H groups in total. The van der Waals surface area contributed by atoms with Gasteiger partial charge in [-0.25, -0.2) is 0 Å². The minimum absolute atomic E-state index is 0.0997. The van der Waals surface area contributed by atoms with Crippen LogP contribution in [0, 0.1) is 11.8 Å². The van der Waals surface area contributed by atoms with E-state index in [1.54, 1.807) is 4.90 Å². The first kappa shape index (κ1) is 15.0. The molecule has 0 spiro atoms. The third kappa shape index (κ3) is 3.45. The largest absolute Gasteiger partial charge is 0.469 e. The molecule has 1 saturated heterocycles. The summed E-state index contributed by atoms with van der Waals surface area (Å²) in [6.07, 6.45) is 0. The van der Waals surface area contributed by atoms with Crippen LogP contribution in [0.5, 0.6) is 0 Å².